The molecule has 7 heteroatoms. The number of nitrogens with zero attached hydrogens (tertiary/aromatic N) is 2. The maximum absolute atomic E-state index is 6.06. The van der Waals surface area contributed by atoms with Crippen molar-refractivity contribution in [2.75, 3.05) is 11.9 Å². The van der Waals surface area contributed by atoms with Crippen LogP contribution in [0.4, 0.5) is 11.7 Å². The first kappa shape index (κ1) is 15.1. The molecule has 5 nitrogen and oxygen atoms in total. The Morgan fingerprint density at radius 2 is 2.10 bits per heavy atom. The van der Waals surface area contributed by atoms with Crippen LogP contribution in [0.1, 0.15) is 32.2 Å². The Morgan fingerprint density at radius 3 is 2.85 bits per heavy atom. The smallest absolute Gasteiger partial charge is 0.320 e. The summed E-state index contributed by atoms with van der Waals surface area (Å²) in [4.78, 5) is 0. The number of halogens is 2. The van der Waals surface area contributed by atoms with E-state index in [1.54, 1.807) is 18.2 Å². The molecule has 2 rings (SSSR count). The molecule has 0 saturated heterocycles. The lowest BCUT2D eigenvalue weighted by Crippen LogP contribution is -2.19. The zero-order valence-electron chi connectivity index (χ0n) is 11.3. The van der Waals surface area contributed by atoms with E-state index in [4.69, 9.17) is 27.6 Å². The van der Waals surface area contributed by atoms with Gasteiger partial charge in [-0.05, 0) is 38.1 Å². The Bertz CT molecular complexity index is 573. The molecular formula is C13H16Cl2N4O. The molecule has 1 aromatic heterocycles. The van der Waals surface area contributed by atoms with Gasteiger partial charge in [-0.2, -0.15) is 0 Å². The number of anilines is 2. The van der Waals surface area contributed by atoms with Gasteiger partial charge in [-0.3, -0.25) is 0 Å². The molecule has 1 atom stereocenters. The fourth-order valence-corrected chi connectivity index (χ4v) is 1.95. The Balaban J connectivity index is 2.07. The zero-order valence-corrected chi connectivity index (χ0v) is 12.8. The molecule has 1 unspecified atom stereocenters. The van der Waals surface area contributed by atoms with Crippen LogP contribution in [0, 0.1) is 0 Å². The van der Waals surface area contributed by atoms with Gasteiger partial charge in [0, 0.05) is 5.02 Å². The molecule has 0 aliphatic rings. The molecule has 0 aliphatic heterocycles. The number of aromatic nitrogens is 2. The van der Waals surface area contributed by atoms with Gasteiger partial charge in [-0.15, -0.1) is 5.10 Å². The first-order valence-electron chi connectivity index (χ1n) is 6.39. The van der Waals surface area contributed by atoms with E-state index in [9.17, 15) is 0 Å². The molecule has 0 spiro atoms. The fourth-order valence-electron chi connectivity index (χ4n) is 1.62. The monoisotopic (exact) mass is 314 g/mol. The van der Waals surface area contributed by atoms with Crippen molar-refractivity contribution in [2.24, 2.45) is 0 Å². The molecule has 0 radical (unpaired) electrons. The second kappa shape index (κ2) is 6.92. The van der Waals surface area contributed by atoms with E-state index < -0.39 is 0 Å². The molecule has 108 valence electrons. The number of benzene rings is 1. The normalized spacial score (nSPS) is 12.4. The van der Waals surface area contributed by atoms with Gasteiger partial charge < -0.3 is 15.1 Å². The maximum Gasteiger partial charge on any atom is 0.320 e. The number of hydrogen-bond acceptors (Lipinski definition) is 5. The highest BCUT2D eigenvalue weighted by Crippen LogP contribution is 2.28. The lowest BCUT2D eigenvalue weighted by molar-refractivity contribution is 0.424. The largest absolute Gasteiger partial charge is 0.406 e. The molecule has 0 saturated carbocycles. The predicted molar refractivity (Wildman–Crippen MR) is 80.8 cm³/mol. The SMILES string of the molecule is CCCNC(C)c1nnc(Nc2cc(Cl)ccc2Cl)o1. The quantitative estimate of drug-likeness (QED) is 0.837. The van der Waals surface area contributed by atoms with Gasteiger partial charge in [0.15, 0.2) is 0 Å². The summed E-state index contributed by atoms with van der Waals surface area (Å²) in [6.45, 7) is 4.97. The van der Waals surface area contributed by atoms with Gasteiger partial charge in [0.2, 0.25) is 5.89 Å². The molecular weight excluding hydrogens is 299 g/mol. The first-order valence-corrected chi connectivity index (χ1v) is 7.14. The topological polar surface area (TPSA) is 63.0 Å². The average Bonchev–Trinajstić information content (AvgIpc) is 2.89. The number of rotatable bonds is 6. The first-order chi connectivity index (χ1) is 9.60. The van der Waals surface area contributed by atoms with Crippen molar-refractivity contribution < 1.29 is 4.42 Å². The van der Waals surface area contributed by atoms with Crippen LogP contribution < -0.4 is 10.6 Å². The van der Waals surface area contributed by atoms with Crippen molar-refractivity contribution in [3.63, 3.8) is 0 Å². The summed E-state index contributed by atoms with van der Waals surface area (Å²) in [7, 11) is 0. The second-order valence-corrected chi connectivity index (χ2v) is 5.21. The van der Waals surface area contributed by atoms with E-state index in [1.165, 1.54) is 0 Å². The van der Waals surface area contributed by atoms with E-state index in [1.807, 2.05) is 6.92 Å². The summed E-state index contributed by atoms with van der Waals surface area (Å²) in [6.07, 6.45) is 1.04. The van der Waals surface area contributed by atoms with Crippen LogP contribution in [-0.4, -0.2) is 16.7 Å². The highest BCUT2D eigenvalue weighted by molar-refractivity contribution is 6.35. The average molecular weight is 315 g/mol. The van der Waals surface area contributed by atoms with Crippen molar-refractivity contribution in [1.29, 1.82) is 0 Å². The zero-order chi connectivity index (χ0) is 14.5. The van der Waals surface area contributed by atoms with E-state index in [-0.39, 0.29) is 12.1 Å². The minimum Gasteiger partial charge on any atom is -0.406 e. The Morgan fingerprint density at radius 1 is 1.30 bits per heavy atom. The number of hydrogen-bond donors (Lipinski definition) is 2. The lowest BCUT2D eigenvalue weighted by Gasteiger charge is -2.08. The summed E-state index contributed by atoms with van der Waals surface area (Å²) in [5.74, 6) is 0.527. The molecule has 1 aromatic carbocycles. The molecule has 0 aliphatic carbocycles. The lowest BCUT2D eigenvalue weighted by atomic mass is 10.3. The summed E-state index contributed by atoms with van der Waals surface area (Å²) >= 11 is 12.0. The molecule has 1 heterocycles. The molecule has 0 amide bonds. The van der Waals surface area contributed by atoms with E-state index in [0.29, 0.717) is 21.6 Å². The van der Waals surface area contributed by atoms with Crippen molar-refractivity contribution in [1.82, 2.24) is 15.5 Å². The molecule has 20 heavy (non-hydrogen) atoms. The van der Waals surface area contributed by atoms with Gasteiger partial charge in [-0.1, -0.05) is 35.2 Å². The third-order valence-electron chi connectivity index (χ3n) is 2.68. The summed E-state index contributed by atoms with van der Waals surface area (Å²) < 4.78 is 5.54. The van der Waals surface area contributed by atoms with Gasteiger partial charge in [0.25, 0.3) is 0 Å². The van der Waals surface area contributed by atoms with Crippen molar-refractivity contribution in [3.05, 3.63) is 34.1 Å². The molecule has 2 N–H and O–H groups in total. The van der Waals surface area contributed by atoms with Crippen molar-refractivity contribution >= 4 is 34.9 Å². The molecule has 0 fully saturated rings. The van der Waals surface area contributed by atoms with Crippen LogP contribution in [0.3, 0.4) is 0 Å². The second-order valence-electron chi connectivity index (χ2n) is 4.37. The van der Waals surface area contributed by atoms with Crippen LogP contribution >= 0.6 is 23.2 Å². The van der Waals surface area contributed by atoms with Crippen LogP contribution in [0.2, 0.25) is 10.0 Å². The van der Waals surface area contributed by atoms with Gasteiger partial charge >= 0.3 is 6.01 Å². The Kier molecular flexibility index (Phi) is 5.23. The van der Waals surface area contributed by atoms with E-state index in [2.05, 4.69) is 27.8 Å². The molecule has 2 aromatic rings. The van der Waals surface area contributed by atoms with Gasteiger partial charge in [0.05, 0.1) is 16.8 Å². The minimum absolute atomic E-state index is 0.00725. The fraction of sp³-hybridized carbons (Fsp3) is 0.385. The molecule has 0 bridgehead atoms. The van der Waals surface area contributed by atoms with E-state index >= 15 is 0 Å². The Hall–Kier alpha value is -1.30. The maximum atomic E-state index is 6.06. The van der Waals surface area contributed by atoms with Crippen LogP contribution in [0.15, 0.2) is 22.6 Å². The highest BCUT2D eigenvalue weighted by atomic mass is 35.5. The standard InChI is InChI=1S/C13H16Cl2N4O/c1-3-6-16-8(2)12-18-19-13(20-12)17-11-7-9(14)4-5-10(11)15/h4-5,7-8,16H,3,6H2,1-2H3,(H,17,19). The van der Waals surface area contributed by atoms with Gasteiger partial charge in [0.1, 0.15) is 0 Å². The predicted octanol–water partition coefficient (Wildman–Crippen LogP) is 4.18. The third-order valence-corrected chi connectivity index (χ3v) is 3.25. The van der Waals surface area contributed by atoms with Crippen LogP contribution in [-0.2, 0) is 0 Å². The Labute approximate surface area is 127 Å². The minimum atomic E-state index is 0.00725. The van der Waals surface area contributed by atoms with Crippen molar-refractivity contribution in [2.45, 2.75) is 26.3 Å². The summed E-state index contributed by atoms with van der Waals surface area (Å²) in [5.41, 5.74) is 0.628. The van der Waals surface area contributed by atoms with Gasteiger partial charge in [-0.25, -0.2) is 0 Å². The van der Waals surface area contributed by atoms with Crippen molar-refractivity contribution in [3.8, 4) is 0 Å². The summed E-state index contributed by atoms with van der Waals surface area (Å²) in [6, 6.07) is 5.41. The number of nitrogens with one attached hydrogen (secondary N) is 2. The van der Waals surface area contributed by atoms with Crippen LogP contribution in [0.5, 0.6) is 0 Å². The highest BCUT2D eigenvalue weighted by Gasteiger charge is 2.13. The third kappa shape index (κ3) is 3.85. The summed E-state index contributed by atoms with van der Waals surface area (Å²) in [5, 5.41) is 15.3. The van der Waals surface area contributed by atoms with E-state index in [0.717, 1.165) is 13.0 Å². The van der Waals surface area contributed by atoms with Crippen LogP contribution in [0.25, 0.3) is 0 Å².